The molecule has 1 aromatic carbocycles. The molecular weight excluding hydrogens is 272 g/mol. The van der Waals surface area contributed by atoms with Crippen molar-refractivity contribution in [2.75, 3.05) is 0 Å². The molecule has 0 saturated heterocycles. The Labute approximate surface area is 121 Å². The van der Waals surface area contributed by atoms with Gasteiger partial charge >= 0.3 is 7.12 Å². The molecule has 1 aromatic heterocycles. The molecule has 6 heteroatoms. The van der Waals surface area contributed by atoms with Gasteiger partial charge in [-0.25, -0.2) is 4.98 Å². The monoisotopic (exact) mass is 285 g/mol. The zero-order valence-corrected chi connectivity index (χ0v) is 11.5. The number of rotatable bonds is 3. The summed E-state index contributed by atoms with van der Waals surface area (Å²) in [7, 11) is -0.940. The topological polar surface area (TPSA) is 59.4 Å². The molecule has 0 amide bonds. The van der Waals surface area contributed by atoms with Crippen LogP contribution in [-0.2, 0) is 17.7 Å². The van der Waals surface area contributed by atoms with Crippen LogP contribution in [0.25, 0.3) is 0 Å². The summed E-state index contributed by atoms with van der Waals surface area (Å²) in [5.41, 5.74) is 2.85. The second kappa shape index (κ2) is 5.39. The molecule has 3 rings (SSSR count). The fraction of sp³-hybridized carbons (Fsp3) is 0.200. The number of hydrogen-bond donors (Lipinski definition) is 1. The Bertz CT molecular complexity index is 720. The van der Waals surface area contributed by atoms with Gasteiger partial charge in [0.25, 0.3) is 0 Å². The summed E-state index contributed by atoms with van der Waals surface area (Å²) in [6.45, 7) is 1.97. The molecule has 106 valence electrons. The number of carbonyl (C=O) groups excluding carboxylic acids is 1. The van der Waals surface area contributed by atoms with E-state index in [9.17, 15) is 14.2 Å². The molecule has 0 bridgehead atoms. The SMILES string of the molecule is Cc1ccc(C(=O)Cc2ccc3c(c2)B(O)OC3)nc1F. The number of benzene rings is 1. The van der Waals surface area contributed by atoms with Gasteiger partial charge in [-0.15, -0.1) is 0 Å². The van der Waals surface area contributed by atoms with E-state index >= 15 is 0 Å². The summed E-state index contributed by atoms with van der Waals surface area (Å²) in [5, 5.41) is 9.65. The molecule has 2 aromatic rings. The maximum Gasteiger partial charge on any atom is 0.491 e. The lowest BCUT2D eigenvalue weighted by Gasteiger charge is -2.05. The highest BCUT2D eigenvalue weighted by atomic mass is 19.1. The summed E-state index contributed by atoms with van der Waals surface area (Å²) in [6.07, 6.45) is 0.107. The number of halogens is 1. The number of nitrogens with zero attached hydrogens (tertiary/aromatic N) is 1. The standard InChI is InChI=1S/C15H13BFNO3/c1-9-2-5-13(18-15(9)17)14(19)7-10-3-4-11-8-21-16(20)12(11)6-10/h2-6,20H,7-8H2,1H3. The van der Waals surface area contributed by atoms with E-state index < -0.39 is 13.1 Å². The van der Waals surface area contributed by atoms with Crippen LogP contribution in [0.15, 0.2) is 30.3 Å². The first-order valence-corrected chi connectivity index (χ1v) is 6.62. The van der Waals surface area contributed by atoms with E-state index in [-0.39, 0.29) is 17.9 Å². The fourth-order valence-electron chi connectivity index (χ4n) is 2.31. The number of hydrogen-bond acceptors (Lipinski definition) is 4. The van der Waals surface area contributed by atoms with Gasteiger partial charge in [-0.2, -0.15) is 4.39 Å². The van der Waals surface area contributed by atoms with Crippen molar-refractivity contribution in [3.63, 3.8) is 0 Å². The quantitative estimate of drug-likeness (QED) is 0.522. The number of Topliss-reactive ketones (excluding diaryl/α,β-unsaturated/α-hetero) is 1. The first kappa shape index (κ1) is 13.9. The molecule has 0 unspecified atom stereocenters. The first-order chi connectivity index (χ1) is 10.0. The molecule has 2 heterocycles. The van der Waals surface area contributed by atoms with Crippen LogP contribution in [0.3, 0.4) is 0 Å². The van der Waals surface area contributed by atoms with Gasteiger partial charge in [-0.1, -0.05) is 24.3 Å². The Kier molecular flexibility index (Phi) is 3.57. The first-order valence-electron chi connectivity index (χ1n) is 6.62. The van der Waals surface area contributed by atoms with Crippen LogP contribution < -0.4 is 5.46 Å². The largest absolute Gasteiger partial charge is 0.491 e. The Morgan fingerprint density at radius 1 is 1.43 bits per heavy atom. The number of aromatic nitrogens is 1. The van der Waals surface area contributed by atoms with E-state index in [1.54, 1.807) is 13.0 Å². The van der Waals surface area contributed by atoms with E-state index in [1.807, 2.05) is 12.1 Å². The second-order valence-corrected chi connectivity index (χ2v) is 5.10. The number of carbonyl (C=O) groups is 1. The van der Waals surface area contributed by atoms with E-state index in [4.69, 9.17) is 4.65 Å². The van der Waals surface area contributed by atoms with Crippen molar-refractivity contribution in [3.05, 3.63) is 58.7 Å². The van der Waals surface area contributed by atoms with Crippen LogP contribution in [0.1, 0.15) is 27.2 Å². The van der Waals surface area contributed by atoms with Gasteiger partial charge in [0.1, 0.15) is 5.69 Å². The Morgan fingerprint density at radius 2 is 2.24 bits per heavy atom. The highest BCUT2D eigenvalue weighted by Gasteiger charge is 2.27. The highest BCUT2D eigenvalue weighted by molar-refractivity contribution is 6.61. The highest BCUT2D eigenvalue weighted by Crippen LogP contribution is 2.13. The van der Waals surface area contributed by atoms with Gasteiger partial charge in [0.15, 0.2) is 5.78 Å². The lowest BCUT2D eigenvalue weighted by atomic mass is 9.78. The Balaban J connectivity index is 1.82. The predicted molar refractivity (Wildman–Crippen MR) is 75.8 cm³/mol. The number of fused-ring (bicyclic) bond motifs is 1. The minimum atomic E-state index is -0.940. The van der Waals surface area contributed by atoms with Crippen molar-refractivity contribution < 1.29 is 18.9 Å². The molecule has 1 N–H and O–H groups in total. The smallest absolute Gasteiger partial charge is 0.423 e. The van der Waals surface area contributed by atoms with Crippen molar-refractivity contribution in [2.24, 2.45) is 0 Å². The zero-order chi connectivity index (χ0) is 15.0. The molecule has 0 spiro atoms. The van der Waals surface area contributed by atoms with E-state index in [0.29, 0.717) is 17.6 Å². The third-order valence-electron chi connectivity index (χ3n) is 3.56. The number of aryl methyl sites for hydroxylation is 1. The van der Waals surface area contributed by atoms with Crippen LogP contribution >= 0.6 is 0 Å². The van der Waals surface area contributed by atoms with Gasteiger partial charge < -0.3 is 9.68 Å². The fourth-order valence-corrected chi connectivity index (χ4v) is 2.31. The van der Waals surface area contributed by atoms with Crippen LogP contribution in [-0.4, -0.2) is 22.9 Å². The molecule has 1 aliphatic rings. The minimum Gasteiger partial charge on any atom is -0.423 e. The van der Waals surface area contributed by atoms with Gasteiger partial charge in [-0.3, -0.25) is 4.79 Å². The summed E-state index contributed by atoms with van der Waals surface area (Å²) in [5.74, 6) is -0.888. The van der Waals surface area contributed by atoms with Crippen molar-refractivity contribution in [3.8, 4) is 0 Å². The van der Waals surface area contributed by atoms with Crippen molar-refractivity contribution >= 4 is 18.4 Å². The van der Waals surface area contributed by atoms with Crippen molar-refractivity contribution in [1.29, 1.82) is 0 Å². The average Bonchev–Trinajstić information content (AvgIpc) is 2.83. The van der Waals surface area contributed by atoms with Crippen LogP contribution in [0.5, 0.6) is 0 Å². The zero-order valence-electron chi connectivity index (χ0n) is 11.5. The summed E-state index contributed by atoms with van der Waals surface area (Å²) in [6, 6.07) is 8.44. The molecular formula is C15H13BFNO3. The Morgan fingerprint density at radius 3 is 3.00 bits per heavy atom. The van der Waals surface area contributed by atoms with Gasteiger partial charge in [0.2, 0.25) is 5.95 Å². The second-order valence-electron chi connectivity index (χ2n) is 5.10. The van der Waals surface area contributed by atoms with Crippen LogP contribution in [0.2, 0.25) is 0 Å². The molecule has 0 fully saturated rings. The molecule has 0 radical (unpaired) electrons. The van der Waals surface area contributed by atoms with Crippen molar-refractivity contribution in [1.82, 2.24) is 4.98 Å². The maximum absolute atomic E-state index is 13.4. The molecule has 1 aliphatic heterocycles. The summed E-state index contributed by atoms with van der Waals surface area (Å²) in [4.78, 5) is 15.8. The predicted octanol–water partition coefficient (Wildman–Crippen LogP) is 1.17. The molecule has 0 atom stereocenters. The lowest BCUT2D eigenvalue weighted by Crippen LogP contribution is -2.28. The normalized spacial score (nSPS) is 13.4. The van der Waals surface area contributed by atoms with Gasteiger partial charge in [0.05, 0.1) is 6.61 Å². The van der Waals surface area contributed by atoms with Gasteiger partial charge in [-0.05, 0) is 29.6 Å². The van der Waals surface area contributed by atoms with Crippen molar-refractivity contribution in [2.45, 2.75) is 20.0 Å². The molecule has 21 heavy (non-hydrogen) atoms. The van der Waals surface area contributed by atoms with Gasteiger partial charge in [0, 0.05) is 12.0 Å². The average molecular weight is 285 g/mol. The van der Waals surface area contributed by atoms with Crippen LogP contribution in [0.4, 0.5) is 4.39 Å². The third kappa shape index (κ3) is 2.72. The number of pyridine rings is 1. The lowest BCUT2D eigenvalue weighted by molar-refractivity contribution is 0.0987. The van der Waals surface area contributed by atoms with Crippen LogP contribution in [0, 0.1) is 12.9 Å². The van der Waals surface area contributed by atoms with E-state index in [2.05, 4.69) is 4.98 Å². The third-order valence-corrected chi connectivity index (χ3v) is 3.56. The Hall–Kier alpha value is -2.05. The maximum atomic E-state index is 13.4. The van der Waals surface area contributed by atoms with E-state index in [0.717, 1.165) is 11.1 Å². The summed E-state index contributed by atoms with van der Waals surface area (Å²) < 4.78 is 18.5. The molecule has 0 aliphatic carbocycles. The molecule has 0 saturated carbocycles. The van der Waals surface area contributed by atoms with E-state index in [1.165, 1.54) is 12.1 Å². The molecule has 4 nitrogen and oxygen atoms in total. The summed E-state index contributed by atoms with van der Waals surface area (Å²) >= 11 is 0. The minimum absolute atomic E-state index is 0.107. The number of ketones is 1.